The number of carbonyl (C=O) groups is 1. The summed E-state index contributed by atoms with van der Waals surface area (Å²) in [4.78, 5) is 13.8. The molecule has 0 unspecified atom stereocenters. The van der Waals surface area contributed by atoms with Crippen LogP contribution in [0.25, 0.3) is 6.08 Å². The van der Waals surface area contributed by atoms with E-state index in [2.05, 4.69) is 0 Å². The molecule has 92 valence electrons. The second-order valence-corrected chi connectivity index (χ2v) is 4.52. The highest BCUT2D eigenvalue weighted by Crippen LogP contribution is 2.15. The minimum absolute atomic E-state index is 0.0812. The zero-order chi connectivity index (χ0) is 13.0. The number of hydrogen-bond acceptors (Lipinski definition) is 2. The first-order valence-electron chi connectivity index (χ1n) is 6.01. The lowest BCUT2D eigenvalue weighted by Gasteiger charge is -2.11. The average Bonchev–Trinajstić information content (AvgIpc) is 2.90. The smallest absolute Gasteiger partial charge is 0.166 e. The summed E-state index contributed by atoms with van der Waals surface area (Å²) in [7, 11) is 4.01. The molecule has 2 heteroatoms. The van der Waals surface area contributed by atoms with Crippen molar-refractivity contribution in [2.45, 2.75) is 0 Å². The van der Waals surface area contributed by atoms with Gasteiger partial charge in [0.25, 0.3) is 0 Å². The van der Waals surface area contributed by atoms with Gasteiger partial charge in [0.05, 0.1) is 5.92 Å². The third-order valence-corrected chi connectivity index (χ3v) is 2.93. The first-order valence-corrected chi connectivity index (χ1v) is 6.01. The van der Waals surface area contributed by atoms with Crippen LogP contribution in [0.15, 0.2) is 54.6 Å². The van der Waals surface area contributed by atoms with Gasteiger partial charge in [-0.05, 0) is 23.8 Å². The van der Waals surface area contributed by atoms with E-state index < -0.39 is 0 Å². The molecule has 0 N–H and O–H groups in total. The molecule has 0 aliphatic heterocycles. The van der Waals surface area contributed by atoms with Crippen LogP contribution in [-0.2, 0) is 4.79 Å². The van der Waals surface area contributed by atoms with Crippen LogP contribution in [0.5, 0.6) is 0 Å². The van der Waals surface area contributed by atoms with E-state index >= 15 is 0 Å². The molecule has 2 rings (SSSR count). The van der Waals surface area contributed by atoms with Gasteiger partial charge >= 0.3 is 0 Å². The Hall–Kier alpha value is -2.09. The van der Waals surface area contributed by atoms with E-state index in [-0.39, 0.29) is 11.7 Å². The Morgan fingerprint density at radius 2 is 1.72 bits per heavy atom. The van der Waals surface area contributed by atoms with E-state index in [0.717, 1.165) is 11.3 Å². The Balaban J connectivity index is 2.02. The third kappa shape index (κ3) is 2.98. The van der Waals surface area contributed by atoms with Crippen LogP contribution in [-0.4, -0.2) is 19.9 Å². The Bertz CT molecular complexity index is 494. The minimum atomic E-state index is -0.0812. The van der Waals surface area contributed by atoms with Gasteiger partial charge in [0.1, 0.15) is 0 Å². The maximum atomic E-state index is 11.8. The molecule has 0 heterocycles. The lowest BCUT2D eigenvalue weighted by Crippen LogP contribution is -2.08. The van der Waals surface area contributed by atoms with E-state index in [1.807, 2.05) is 73.6 Å². The molecule has 1 aliphatic carbocycles. The Morgan fingerprint density at radius 3 is 2.28 bits per heavy atom. The van der Waals surface area contributed by atoms with Crippen molar-refractivity contribution in [1.82, 2.24) is 0 Å². The average molecular weight is 239 g/mol. The summed E-state index contributed by atoms with van der Waals surface area (Å²) in [6, 6.07) is 8.11. The Morgan fingerprint density at radius 1 is 1.11 bits per heavy atom. The number of ketones is 1. The Kier molecular flexibility index (Phi) is 3.78. The Labute approximate surface area is 108 Å². The van der Waals surface area contributed by atoms with Gasteiger partial charge < -0.3 is 4.90 Å². The summed E-state index contributed by atoms with van der Waals surface area (Å²) in [5.74, 6) is 0.0407. The largest absolute Gasteiger partial charge is 0.378 e. The van der Waals surface area contributed by atoms with Gasteiger partial charge in [-0.3, -0.25) is 4.79 Å². The summed E-state index contributed by atoms with van der Waals surface area (Å²) in [5.41, 5.74) is 2.19. The van der Waals surface area contributed by atoms with Gasteiger partial charge in [-0.25, -0.2) is 0 Å². The maximum absolute atomic E-state index is 11.8. The maximum Gasteiger partial charge on any atom is 0.166 e. The molecule has 0 saturated carbocycles. The topological polar surface area (TPSA) is 20.3 Å². The van der Waals surface area contributed by atoms with Gasteiger partial charge in [-0.15, -0.1) is 0 Å². The number of nitrogens with zero attached hydrogens (tertiary/aromatic N) is 1. The van der Waals surface area contributed by atoms with Crippen molar-refractivity contribution in [3.05, 3.63) is 60.2 Å². The summed E-state index contributed by atoms with van der Waals surface area (Å²) >= 11 is 0. The SMILES string of the molecule is CN(C)c1ccc(/C=C/C(=O)C2C=CC=C2)cc1. The zero-order valence-electron chi connectivity index (χ0n) is 10.7. The van der Waals surface area contributed by atoms with Crippen LogP contribution in [0.1, 0.15) is 5.56 Å². The molecule has 1 aliphatic rings. The number of carbonyl (C=O) groups excluding carboxylic acids is 1. The number of allylic oxidation sites excluding steroid dienone is 5. The van der Waals surface area contributed by atoms with Gasteiger partial charge in [-0.1, -0.05) is 42.5 Å². The number of anilines is 1. The molecule has 0 spiro atoms. The van der Waals surface area contributed by atoms with Gasteiger partial charge in [0.15, 0.2) is 5.78 Å². The van der Waals surface area contributed by atoms with Crippen molar-refractivity contribution < 1.29 is 4.79 Å². The molecule has 2 nitrogen and oxygen atoms in total. The highest BCUT2D eigenvalue weighted by atomic mass is 16.1. The van der Waals surface area contributed by atoms with Crippen molar-refractivity contribution in [3.63, 3.8) is 0 Å². The van der Waals surface area contributed by atoms with Crippen molar-refractivity contribution in [3.8, 4) is 0 Å². The number of benzene rings is 1. The first-order chi connectivity index (χ1) is 8.66. The zero-order valence-corrected chi connectivity index (χ0v) is 10.7. The fourth-order valence-corrected chi connectivity index (χ4v) is 1.79. The second-order valence-electron chi connectivity index (χ2n) is 4.52. The molecule has 0 saturated heterocycles. The molecule has 1 aromatic rings. The second kappa shape index (κ2) is 5.50. The fraction of sp³-hybridized carbons (Fsp3) is 0.188. The van der Waals surface area contributed by atoms with Crippen LogP contribution in [0.4, 0.5) is 5.69 Å². The summed E-state index contributed by atoms with van der Waals surface area (Å²) in [5, 5.41) is 0. The minimum Gasteiger partial charge on any atom is -0.378 e. The quantitative estimate of drug-likeness (QED) is 0.753. The predicted octanol–water partition coefficient (Wildman–Crippen LogP) is 3.08. The monoisotopic (exact) mass is 239 g/mol. The summed E-state index contributed by atoms with van der Waals surface area (Å²) < 4.78 is 0. The molecule has 0 amide bonds. The standard InChI is InChI=1S/C16H17NO/c1-17(2)15-10-7-13(8-11-15)9-12-16(18)14-5-3-4-6-14/h3-12,14H,1-2H3/b12-9+. The lowest BCUT2D eigenvalue weighted by molar-refractivity contribution is -0.115. The van der Waals surface area contributed by atoms with E-state index in [0.29, 0.717) is 0 Å². The number of hydrogen-bond donors (Lipinski definition) is 0. The van der Waals surface area contributed by atoms with Crippen LogP contribution >= 0.6 is 0 Å². The van der Waals surface area contributed by atoms with Crippen LogP contribution < -0.4 is 4.90 Å². The molecular formula is C16H17NO. The van der Waals surface area contributed by atoms with Gasteiger partial charge in [0.2, 0.25) is 0 Å². The van der Waals surface area contributed by atoms with Crippen LogP contribution in [0.3, 0.4) is 0 Å². The highest BCUT2D eigenvalue weighted by molar-refractivity contribution is 5.98. The summed E-state index contributed by atoms with van der Waals surface area (Å²) in [6.07, 6.45) is 11.1. The first kappa shape index (κ1) is 12.4. The van der Waals surface area contributed by atoms with Gasteiger partial charge in [0, 0.05) is 19.8 Å². The van der Waals surface area contributed by atoms with E-state index in [4.69, 9.17) is 0 Å². The van der Waals surface area contributed by atoms with Crippen molar-refractivity contribution in [2.75, 3.05) is 19.0 Å². The van der Waals surface area contributed by atoms with Gasteiger partial charge in [-0.2, -0.15) is 0 Å². The predicted molar refractivity (Wildman–Crippen MR) is 76.6 cm³/mol. The van der Waals surface area contributed by atoms with E-state index in [1.54, 1.807) is 6.08 Å². The van der Waals surface area contributed by atoms with Crippen LogP contribution in [0.2, 0.25) is 0 Å². The van der Waals surface area contributed by atoms with Crippen LogP contribution in [0, 0.1) is 5.92 Å². The normalized spacial score (nSPS) is 14.6. The third-order valence-electron chi connectivity index (χ3n) is 2.93. The molecular weight excluding hydrogens is 222 g/mol. The lowest BCUT2D eigenvalue weighted by atomic mass is 10.1. The van der Waals surface area contributed by atoms with Crippen molar-refractivity contribution in [1.29, 1.82) is 0 Å². The molecule has 1 aromatic carbocycles. The number of rotatable bonds is 4. The summed E-state index contributed by atoms with van der Waals surface area (Å²) in [6.45, 7) is 0. The molecule has 18 heavy (non-hydrogen) atoms. The van der Waals surface area contributed by atoms with Crippen molar-refractivity contribution in [2.24, 2.45) is 5.92 Å². The van der Waals surface area contributed by atoms with E-state index in [9.17, 15) is 4.79 Å². The van der Waals surface area contributed by atoms with E-state index in [1.165, 1.54) is 0 Å². The molecule has 0 aromatic heterocycles. The molecule has 0 fully saturated rings. The van der Waals surface area contributed by atoms with Crippen molar-refractivity contribution >= 4 is 17.5 Å². The molecule has 0 radical (unpaired) electrons. The molecule has 0 atom stereocenters. The highest BCUT2D eigenvalue weighted by Gasteiger charge is 2.10. The fourth-order valence-electron chi connectivity index (χ4n) is 1.79. The molecule has 0 bridgehead atoms.